The van der Waals surface area contributed by atoms with Gasteiger partial charge in [0, 0.05) is 0 Å². The molecule has 0 aromatic heterocycles. The lowest BCUT2D eigenvalue weighted by atomic mass is 10.1. The van der Waals surface area contributed by atoms with Crippen molar-refractivity contribution in [2.45, 2.75) is 33.4 Å². The molecule has 0 aromatic carbocycles. The van der Waals surface area contributed by atoms with Gasteiger partial charge in [-0.15, -0.1) is 0 Å². The number of hydrogen-bond donors (Lipinski definition) is 2. The van der Waals surface area contributed by atoms with Crippen molar-refractivity contribution in [1.82, 2.24) is 5.32 Å². The fourth-order valence-corrected chi connectivity index (χ4v) is 0.988. The van der Waals surface area contributed by atoms with Crippen LogP contribution in [0, 0.1) is 5.92 Å². The first-order chi connectivity index (χ1) is 6.11. The Balaban J connectivity index is 4.06. The van der Waals surface area contributed by atoms with Gasteiger partial charge < -0.3 is 5.11 Å². The van der Waals surface area contributed by atoms with Gasteiger partial charge in [0.15, 0.2) is 0 Å². The molecular weight excluding hydrogens is 162 g/mol. The van der Waals surface area contributed by atoms with E-state index in [0.29, 0.717) is 5.92 Å². The summed E-state index contributed by atoms with van der Waals surface area (Å²) >= 11 is 0. The second-order valence-corrected chi connectivity index (χ2v) is 3.51. The highest BCUT2D eigenvalue weighted by Crippen LogP contribution is 2.05. The average Bonchev–Trinajstić information content (AvgIpc) is 2.11. The first-order valence-corrected chi connectivity index (χ1v) is 4.79. The molecule has 0 heterocycles. The molecule has 0 aromatic rings. The molecule has 1 atom stereocenters. The molecule has 2 nitrogen and oxygen atoms in total. The summed E-state index contributed by atoms with van der Waals surface area (Å²) in [5, 5.41) is 12.2. The minimum Gasteiger partial charge on any atom is -0.374 e. The monoisotopic (exact) mass is 183 g/mol. The summed E-state index contributed by atoms with van der Waals surface area (Å²) in [6.07, 6.45) is 6.49. The highest BCUT2D eigenvalue weighted by atomic mass is 16.3. The van der Waals surface area contributed by atoms with Crippen molar-refractivity contribution in [3.8, 4) is 0 Å². The maximum absolute atomic E-state index is 9.45. The van der Waals surface area contributed by atoms with E-state index < -0.39 is 6.23 Å². The second kappa shape index (κ2) is 6.87. The van der Waals surface area contributed by atoms with E-state index in [0.717, 1.165) is 12.0 Å². The van der Waals surface area contributed by atoms with Crippen molar-refractivity contribution in [2.24, 2.45) is 5.92 Å². The van der Waals surface area contributed by atoms with Crippen LogP contribution in [0.25, 0.3) is 0 Å². The molecule has 0 saturated carbocycles. The molecule has 0 bridgehead atoms. The second-order valence-electron chi connectivity index (χ2n) is 3.51. The number of allylic oxidation sites excluding steroid dienone is 2. The van der Waals surface area contributed by atoms with Crippen molar-refractivity contribution >= 4 is 0 Å². The van der Waals surface area contributed by atoms with E-state index in [9.17, 15) is 5.11 Å². The van der Waals surface area contributed by atoms with E-state index in [1.807, 2.05) is 19.1 Å². The normalized spacial score (nSPS) is 15.7. The highest BCUT2D eigenvalue weighted by Gasteiger charge is 2.02. The molecule has 0 saturated heterocycles. The molecule has 2 N–H and O–H groups in total. The number of nitrogens with one attached hydrogen (secondary N) is 1. The van der Waals surface area contributed by atoms with E-state index in [4.69, 9.17) is 0 Å². The van der Waals surface area contributed by atoms with Crippen LogP contribution in [0.1, 0.15) is 27.2 Å². The Morgan fingerprint density at radius 2 is 2.08 bits per heavy atom. The number of aliphatic hydroxyl groups is 1. The Kier molecular flexibility index (Phi) is 6.55. The van der Waals surface area contributed by atoms with Gasteiger partial charge in [-0.2, -0.15) is 0 Å². The minimum atomic E-state index is -0.548. The zero-order valence-electron chi connectivity index (χ0n) is 9.04. The molecular formula is C11H21NO. The van der Waals surface area contributed by atoms with Crippen LogP contribution in [0.5, 0.6) is 0 Å². The van der Waals surface area contributed by atoms with Crippen molar-refractivity contribution in [3.05, 3.63) is 23.8 Å². The summed E-state index contributed by atoms with van der Waals surface area (Å²) in [6, 6.07) is 0. The van der Waals surface area contributed by atoms with E-state index in [-0.39, 0.29) is 0 Å². The van der Waals surface area contributed by atoms with Crippen LogP contribution in [0.3, 0.4) is 0 Å². The van der Waals surface area contributed by atoms with Crippen molar-refractivity contribution in [2.75, 3.05) is 7.05 Å². The lowest BCUT2D eigenvalue weighted by Gasteiger charge is -2.09. The lowest BCUT2D eigenvalue weighted by Crippen LogP contribution is -2.25. The number of rotatable bonds is 5. The first kappa shape index (κ1) is 12.4. The van der Waals surface area contributed by atoms with Gasteiger partial charge in [-0.3, -0.25) is 5.32 Å². The molecule has 1 unspecified atom stereocenters. The Morgan fingerprint density at radius 1 is 1.46 bits per heavy atom. The van der Waals surface area contributed by atoms with Crippen LogP contribution in [-0.2, 0) is 0 Å². The van der Waals surface area contributed by atoms with Crippen LogP contribution in [0.2, 0.25) is 0 Å². The Hall–Kier alpha value is -0.600. The smallest absolute Gasteiger partial charge is 0.130 e. The van der Waals surface area contributed by atoms with Gasteiger partial charge in [0.05, 0.1) is 0 Å². The molecule has 2 heteroatoms. The molecule has 0 rings (SSSR count). The molecule has 76 valence electrons. The summed E-state index contributed by atoms with van der Waals surface area (Å²) < 4.78 is 0. The average molecular weight is 183 g/mol. The topological polar surface area (TPSA) is 32.3 Å². The predicted octanol–water partition coefficient (Wildman–Crippen LogP) is 2.07. The molecule has 0 spiro atoms. The number of hydrogen-bond acceptors (Lipinski definition) is 2. The van der Waals surface area contributed by atoms with E-state index in [1.54, 1.807) is 7.05 Å². The van der Waals surface area contributed by atoms with Crippen molar-refractivity contribution < 1.29 is 5.11 Å². The van der Waals surface area contributed by atoms with Crippen molar-refractivity contribution in [3.63, 3.8) is 0 Å². The zero-order valence-corrected chi connectivity index (χ0v) is 9.04. The van der Waals surface area contributed by atoms with Gasteiger partial charge in [0.25, 0.3) is 0 Å². The van der Waals surface area contributed by atoms with Gasteiger partial charge in [0.2, 0.25) is 0 Å². The van der Waals surface area contributed by atoms with Crippen LogP contribution in [-0.4, -0.2) is 18.4 Å². The van der Waals surface area contributed by atoms with Gasteiger partial charge in [0.1, 0.15) is 6.23 Å². The van der Waals surface area contributed by atoms with Crippen LogP contribution >= 0.6 is 0 Å². The van der Waals surface area contributed by atoms with Crippen molar-refractivity contribution in [1.29, 1.82) is 0 Å². The third-order valence-corrected chi connectivity index (χ3v) is 1.84. The predicted molar refractivity (Wildman–Crippen MR) is 57.4 cm³/mol. The summed E-state index contributed by atoms with van der Waals surface area (Å²) in [6.45, 7) is 6.28. The van der Waals surface area contributed by atoms with Gasteiger partial charge in [-0.25, -0.2) is 0 Å². The van der Waals surface area contributed by atoms with E-state index in [2.05, 4.69) is 25.2 Å². The molecule has 0 amide bonds. The molecule has 0 aliphatic heterocycles. The first-order valence-electron chi connectivity index (χ1n) is 4.79. The highest BCUT2D eigenvalue weighted by molar-refractivity contribution is 5.21. The maximum Gasteiger partial charge on any atom is 0.130 e. The molecule has 0 radical (unpaired) electrons. The Bertz CT molecular complexity index is 183. The SMILES string of the molecule is C/C=C(\C=C/CC(C)C)C(O)NC. The van der Waals surface area contributed by atoms with Gasteiger partial charge in [-0.05, 0) is 31.9 Å². The molecule has 13 heavy (non-hydrogen) atoms. The number of likely N-dealkylation sites (N-methyl/N-ethyl adjacent to an activating group) is 1. The quantitative estimate of drug-likeness (QED) is 0.505. The van der Waals surface area contributed by atoms with Gasteiger partial charge in [-0.1, -0.05) is 32.1 Å². The fraction of sp³-hybridized carbons (Fsp3) is 0.636. The lowest BCUT2D eigenvalue weighted by molar-refractivity contribution is 0.186. The van der Waals surface area contributed by atoms with E-state index in [1.165, 1.54) is 0 Å². The zero-order chi connectivity index (χ0) is 10.3. The summed E-state index contributed by atoms with van der Waals surface area (Å²) in [5.74, 6) is 0.668. The number of aliphatic hydroxyl groups excluding tert-OH is 1. The van der Waals surface area contributed by atoms with E-state index >= 15 is 0 Å². The molecule has 0 aliphatic rings. The third-order valence-electron chi connectivity index (χ3n) is 1.84. The molecule has 0 aliphatic carbocycles. The summed E-state index contributed by atoms with van der Waals surface area (Å²) in [5.41, 5.74) is 0.920. The summed E-state index contributed by atoms with van der Waals surface area (Å²) in [4.78, 5) is 0. The fourth-order valence-electron chi connectivity index (χ4n) is 0.988. The minimum absolute atomic E-state index is 0.548. The third kappa shape index (κ3) is 5.61. The standard InChI is InChI=1S/C11H21NO/c1-5-10(11(13)12-4)8-6-7-9(2)3/h5-6,8-9,11-13H,7H2,1-4H3/b8-6-,10-5+. The van der Waals surface area contributed by atoms with Crippen LogP contribution in [0.15, 0.2) is 23.8 Å². The largest absolute Gasteiger partial charge is 0.374 e. The van der Waals surface area contributed by atoms with Gasteiger partial charge >= 0.3 is 0 Å². The van der Waals surface area contributed by atoms with Crippen LogP contribution in [0.4, 0.5) is 0 Å². The molecule has 0 fully saturated rings. The summed E-state index contributed by atoms with van der Waals surface area (Å²) in [7, 11) is 1.74. The Morgan fingerprint density at radius 3 is 2.46 bits per heavy atom. The maximum atomic E-state index is 9.45. The van der Waals surface area contributed by atoms with Crippen LogP contribution < -0.4 is 5.32 Å². The Labute approximate surface area is 81.4 Å².